The summed E-state index contributed by atoms with van der Waals surface area (Å²) in [5.41, 5.74) is 0.937. The number of methoxy groups -OCH3 is 1. The smallest absolute Gasteiger partial charge is 0.165 e. The van der Waals surface area contributed by atoms with Crippen LogP contribution in [0.2, 0.25) is 0 Å². The van der Waals surface area contributed by atoms with Gasteiger partial charge >= 0.3 is 0 Å². The van der Waals surface area contributed by atoms with Crippen molar-refractivity contribution in [3.8, 4) is 5.75 Å². The van der Waals surface area contributed by atoms with Gasteiger partial charge < -0.3 is 10.1 Å². The maximum Gasteiger partial charge on any atom is 0.165 e. The first-order chi connectivity index (χ1) is 9.10. The van der Waals surface area contributed by atoms with Crippen molar-refractivity contribution in [2.24, 2.45) is 5.92 Å². The molecule has 1 heterocycles. The van der Waals surface area contributed by atoms with Gasteiger partial charge in [-0.1, -0.05) is 32.8 Å². The minimum Gasteiger partial charge on any atom is -0.494 e. The molecule has 0 spiro atoms. The molecule has 2 rings (SSSR count). The Hall–Kier alpha value is -1.09. The fourth-order valence-corrected chi connectivity index (χ4v) is 3.12. The first-order valence-corrected chi connectivity index (χ1v) is 7.19. The van der Waals surface area contributed by atoms with Crippen molar-refractivity contribution in [3.63, 3.8) is 0 Å². The third-order valence-electron chi connectivity index (χ3n) is 4.34. The topological polar surface area (TPSA) is 21.3 Å². The molecule has 106 valence electrons. The van der Waals surface area contributed by atoms with E-state index in [1.165, 1.54) is 26.4 Å². The van der Waals surface area contributed by atoms with E-state index in [2.05, 4.69) is 19.2 Å². The van der Waals surface area contributed by atoms with Crippen molar-refractivity contribution in [2.75, 3.05) is 13.7 Å². The summed E-state index contributed by atoms with van der Waals surface area (Å²) >= 11 is 0. The van der Waals surface area contributed by atoms with E-state index in [1.54, 1.807) is 12.1 Å². The predicted octanol–water partition coefficient (Wildman–Crippen LogP) is 3.85. The van der Waals surface area contributed by atoms with Crippen LogP contribution in [0.3, 0.4) is 0 Å². The SMILES string of the molecule is COc1ccc(C2(C(C)C)CCCCCN2)cc1F. The molecule has 1 aliphatic heterocycles. The van der Waals surface area contributed by atoms with Crippen molar-refractivity contribution >= 4 is 0 Å². The van der Waals surface area contributed by atoms with Crippen LogP contribution in [0.25, 0.3) is 0 Å². The molecule has 0 aliphatic carbocycles. The zero-order chi connectivity index (χ0) is 13.9. The molecule has 1 N–H and O–H groups in total. The lowest BCUT2D eigenvalue weighted by Crippen LogP contribution is -2.46. The van der Waals surface area contributed by atoms with Crippen LogP contribution in [-0.2, 0) is 5.54 Å². The lowest BCUT2D eigenvalue weighted by molar-refractivity contribution is 0.229. The van der Waals surface area contributed by atoms with Gasteiger partial charge in [-0.2, -0.15) is 0 Å². The van der Waals surface area contributed by atoms with Gasteiger partial charge in [-0.05, 0) is 43.0 Å². The van der Waals surface area contributed by atoms with Gasteiger partial charge in [0, 0.05) is 5.54 Å². The molecule has 1 unspecified atom stereocenters. The maximum atomic E-state index is 14.0. The number of nitrogens with one attached hydrogen (secondary N) is 1. The Morgan fingerprint density at radius 2 is 2.05 bits per heavy atom. The lowest BCUT2D eigenvalue weighted by atomic mass is 9.76. The Labute approximate surface area is 115 Å². The van der Waals surface area contributed by atoms with E-state index in [0.717, 1.165) is 18.5 Å². The van der Waals surface area contributed by atoms with Crippen molar-refractivity contribution in [2.45, 2.75) is 45.1 Å². The number of halogens is 1. The largest absolute Gasteiger partial charge is 0.494 e. The molecule has 0 radical (unpaired) electrons. The minimum absolute atomic E-state index is 0.108. The Kier molecular flexibility index (Phi) is 4.46. The highest BCUT2D eigenvalue weighted by Gasteiger charge is 2.36. The standard InChI is InChI=1S/C16H24FNO/c1-12(2)16(9-5-4-6-10-18-16)13-7-8-15(19-3)14(17)11-13/h7-8,11-12,18H,4-6,9-10H2,1-3H3. The molecular formula is C16H24FNO. The van der Waals surface area contributed by atoms with Gasteiger partial charge in [-0.25, -0.2) is 4.39 Å². The fourth-order valence-electron chi connectivity index (χ4n) is 3.12. The molecule has 0 amide bonds. The minimum atomic E-state index is -0.272. The summed E-state index contributed by atoms with van der Waals surface area (Å²) in [7, 11) is 1.50. The molecule has 1 aliphatic rings. The summed E-state index contributed by atoms with van der Waals surface area (Å²) in [6, 6.07) is 5.37. The fraction of sp³-hybridized carbons (Fsp3) is 0.625. The van der Waals surface area contributed by atoms with Crippen LogP contribution in [0.4, 0.5) is 4.39 Å². The normalized spacial score (nSPS) is 24.3. The second-order valence-corrected chi connectivity index (χ2v) is 5.71. The molecule has 1 fully saturated rings. The third kappa shape index (κ3) is 2.76. The van der Waals surface area contributed by atoms with Crippen molar-refractivity contribution in [3.05, 3.63) is 29.6 Å². The van der Waals surface area contributed by atoms with Crippen LogP contribution < -0.4 is 10.1 Å². The van der Waals surface area contributed by atoms with E-state index in [4.69, 9.17) is 4.74 Å². The molecule has 0 saturated carbocycles. The van der Waals surface area contributed by atoms with Crippen molar-refractivity contribution < 1.29 is 9.13 Å². The lowest BCUT2D eigenvalue weighted by Gasteiger charge is -2.38. The van der Waals surface area contributed by atoms with E-state index in [-0.39, 0.29) is 11.4 Å². The predicted molar refractivity (Wildman–Crippen MR) is 75.9 cm³/mol. The molecule has 3 heteroatoms. The van der Waals surface area contributed by atoms with Crippen molar-refractivity contribution in [1.82, 2.24) is 5.32 Å². The van der Waals surface area contributed by atoms with Crippen LogP contribution in [0.5, 0.6) is 5.75 Å². The summed E-state index contributed by atoms with van der Waals surface area (Å²) in [6.07, 6.45) is 4.71. The number of ether oxygens (including phenoxy) is 1. The van der Waals surface area contributed by atoms with Crippen LogP contribution in [0.1, 0.15) is 45.1 Å². The Bertz CT molecular complexity index is 423. The van der Waals surface area contributed by atoms with E-state index < -0.39 is 0 Å². The molecule has 0 aromatic heterocycles. The number of hydrogen-bond donors (Lipinski definition) is 1. The number of hydrogen-bond acceptors (Lipinski definition) is 2. The first kappa shape index (κ1) is 14.3. The van der Waals surface area contributed by atoms with E-state index in [1.807, 2.05) is 6.07 Å². The van der Waals surface area contributed by atoms with E-state index in [0.29, 0.717) is 11.7 Å². The van der Waals surface area contributed by atoms with Gasteiger partial charge in [0.1, 0.15) is 0 Å². The maximum absolute atomic E-state index is 14.0. The third-order valence-corrected chi connectivity index (χ3v) is 4.34. The quantitative estimate of drug-likeness (QED) is 0.896. The monoisotopic (exact) mass is 265 g/mol. The average Bonchev–Trinajstić information content (AvgIpc) is 2.65. The summed E-state index contributed by atoms with van der Waals surface area (Å²) in [6.45, 7) is 5.42. The second-order valence-electron chi connectivity index (χ2n) is 5.71. The number of rotatable bonds is 3. The Balaban J connectivity index is 2.40. The van der Waals surface area contributed by atoms with Gasteiger partial charge in [0.05, 0.1) is 7.11 Å². The second kappa shape index (κ2) is 5.91. The summed E-state index contributed by atoms with van der Waals surface area (Å²) < 4.78 is 19.0. The molecule has 0 bridgehead atoms. The van der Waals surface area contributed by atoms with Crippen molar-refractivity contribution in [1.29, 1.82) is 0 Å². The van der Waals surface area contributed by atoms with Gasteiger partial charge in [0.15, 0.2) is 11.6 Å². The highest BCUT2D eigenvalue weighted by atomic mass is 19.1. The first-order valence-electron chi connectivity index (χ1n) is 7.19. The van der Waals surface area contributed by atoms with Crippen LogP contribution in [-0.4, -0.2) is 13.7 Å². The molecule has 1 aromatic carbocycles. The van der Waals surface area contributed by atoms with Gasteiger partial charge in [0.2, 0.25) is 0 Å². The molecule has 1 aromatic rings. The zero-order valence-electron chi connectivity index (χ0n) is 12.1. The summed E-state index contributed by atoms with van der Waals surface area (Å²) in [5.74, 6) is 0.473. The Morgan fingerprint density at radius 3 is 2.68 bits per heavy atom. The van der Waals surface area contributed by atoms with E-state index in [9.17, 15) is 4.39 Å². The van der Waals surface area contributed by atoms with Gasteiger partial charge in [-0.15, -0.1) is 0 Å². The molecular weight excluding hydrogens is 241 g/mol. The molecule has 1 saturated heterocycles. The molecule has 1 atom stereocenters. The number of benzene rings is 1. The summed E-state index contributed by atoms with van der Waals surface area (Å²) in [4.78, 5) is 0. The molecule has 2 nitrogen and oxygen atoms in total. The Morgan fingerprint density at radius 1 is 1.26 bits per heavy atom. The van der Waals surface area contributed by atoms with Crippen LogP contribution >= 0.6 is 0 Å². The zero-order valence-corrected chi connectivity index (χ0v) is 12.1. The van der Waals surface area contributed by atoms with Gasteiger partial charge in [-0.3, -0.25) is 0 Å². The van der Waals surface area contributed by atoms with Crippen LogP contribution in [0, 0.1) is 11.7 Å². The van der Waals surface area contributed by atoms with Gasteiger partial charge in [0.25, 0.3) is 0 Å². The van der Waals surface area contributed by atoms with E-state index >= 15 is 0 Å². The summed E-state index contributed by atoms with van der Waals surface area (Å²) in [5, 5.41) is 3.67. The molecule has 19 heavy (non-hydrogen) atoms. The highest BCUT2D eigenvalue weighted by Crippen LogP contribution is 2.37. The highest BCUT2D eigenvalue weighted by molar-refractivity contribution is 5.34. The average molecular weight is 265 g/mol. The van der Waals surface area contributed by atoms with Crippen LogP contribution in [0.15, 0.2) is 18.2 Å².